The first-order chi connectivity index (χ1) is 14.3. The van der Waals surface area contributed by atoms with Gasteiger partial charge in [-0.1, -0.05) is 29.8 Å². The van der Waals surface area contributed by atoms with Crippen molar-refractivity contribution in [2.75, 3.05) is 6.54 Å². The number of hydrogen-bond donors (Lipinski definition) is 2. The molecule has 0 spiro atoms. The lowest BCUT2D eigenvalue weighted by Gasteiger charge is -2.28. The highest BCUT2D eigenvalue weighted by Crippen LogP contribution is 2.47. The molecule has 166 valence electrons. The summed E-state index contributed by atoms with van der Waals surface area (Å²) in [7, 11) is 0. The molecule has 0 saturated heterocycles. The van der Waals surface area contributed by atoms with Gasteiger partial charge in [0, 0.05) is 11.1 Å². The van der Waals surface area contributed by atoms with Crippen molar-refractivity contribution in [1.29, 1.82) is 0 Å². The molecule has 1 amide bonds. The van der Waals surface area contributed by atoms with Gasteiger partial charge in [-0.3, -0.25) is 15.1 Å². The average molecular weight is 469 g/mol. The molecule has 0 radical (unpaired) electrons. The van der Waals surface area contributed by atoms with Crippen molar-refractivity contribution >= 4 is 23.2 Å². The van der Waals surface area contributed by atoms with Gasteiger partial charge in [-0.15, -0.1) is 0 Å². The van der Waals surface area contributed by atoms with Gasteiger partial charge in [-0.2, -0.15) is 26.3 Å². The molecular weight excluding hydrogens is 457 g/mol. The molecule has 1 unspecified atom stereocenters. The maximum atomic E-state index is 13.9. The maximum Gasteiger partial charge on any atom is 0.428 e. The fourth-order valence-electron chi connectivity index (χ4n) is 2.80. The second-order valence-electron chi connectivity index (χ2n) is 6.50. The zero-order valence-electron chi connectivity index (χ0n) is 15.2. The minimum atomic E-state index is -4.96. The van der Waals surface area contributed by atoms with Crippen molar-refractivity contribution in [3.8, 4) is 0 Å². The Bertz CT molecular complexity index is 1020. The van der Waals surface area contributed by atoms with Gasteiger partial charge in [0.15, 0.2) is 0 Å². The first-order valence-electron chi connectivity index (χ1n) is 8.47. The Kier molecular flexibility index (Phi) is 5.94. The lowest BCUT2D eigenvalue weighted by Crippen LogP contribution is -2.42. The largest absolute Gasteiger partial charge is 0.428 e. The van der Waals surface area contributed by atoms with E-state index in [4.69, 9.17) is 16.4 Å². The second-order valence-corrected chi connectivity index (χ2v) is 6.91. The van der Waals surface area contributed by atoms with Gasteiger partial charge in [-0.05, 0) is 35.9 Å². The van der Waals surface area contributed by atoms with Crippen LogP contribution < -0.4 is 10.8 Å². The molecule has 0 bridgehead atoms. The number of nitrogens with one attached hydrogen (secondary N) is 2. The van der Waals surface area contributed by atoms with Crippen molar-refractivity contribution in [1.82, 2.24) is 10.8 Å². The Labute approximate surface area is 175 Å². The molecule has 1 aliphatic heterocycles. The fraction of sp³-hybridized carbons (Fsp3) is 0.211. The van der Waals surface area contributed by atoms with Crippen LogP contribution in [0, 0.1) is 5.82 Å². The molecule has 2 N–H and O–H groups in total. The summed E-state index contributed by atoms with van der Waals surface area (Å²) in [5.41, 5.74) is -1.38. The number of amides is 1. The average Bonchev–Trinajstić information content (AvgIpc) is 3.14. The van der Waals surface area contributed by atoms with Crippen LogP contribution in [0.25, 0.3) is 5.70 Å². The van der Waals surface area contributed by atoms with E-state index in [1.165, 1.54) is 12.1 Å². The summed E-state index contributed by atoms with van der Waals surface area (Å²) in [6.07, 6.45) is -8.83. The molecule has 0 aromatic heterocycles. The van der Waals surface area contributed by atoms with Gasteiger partial charge >= 0.3 is 12.4 Å². The van der Waals surface area contributed by atoms with Gasteiger partial charge in [0.1, 0.15) is 12.4 Å². The monoisotopic (exact) mass is 468 g/mol. The number of carbonyl (C=O) groups excluding carboxylic acids is 1. The minimum absolute atomic E-state index is 0.125. The number of alkyl halides is 6. The first kappa shape index (κ1) is 22.9. The molecule has 4 nitrogen and oxygen atoms in total. The van der Waals surface area contributed by atoms with Crippen LogP contribution >= 0.6 is 11.6 Å². The highest BCUT2D eigenvalue weighted by Gasteiger charge is 2.59. The van der Waals surface area contributed by atoms with E-state index in [1.807, 2.05) is 0 Å². The van der Waals surface area contributed by atoms with E-state index in [0.29, 0.717) is 0 Å². The molecule has 0 saturated carbocycles. The summed E-state index contributed by atoms with van der Waals surface area (Å²) >= 11 is 5.61. The molecular formula is C19H12ClF7N2O2. The zero-order chi connectivity index (χ0) is 23.0. The van der Waals surface area contributed by atoms with E-state index in [9.17, 15) is 35.5 Å². The zero-order valence-corrected chi connectivity index (χ0v) is 15.9. The Morgan fingerprint density at radius 1 is 1.06 bits per heavy atom. The van der Waals surface area contributed by atoms with Crippen molar-refractivity contribution < 1.29 is 40.4 Å². The van der Waals surface area contributed by atoms with E-state index in [2.05, 4.69) is 5.48 Å². The van der Waals surface area contributed by atoms with Crippen LogP contribution in [0.5, 0.6) is 0 Å². The Morgan fingerprint density at radius 2 is 1.71 bits per heavy atom. The summed E-state index contributed by atoms with van der Waals surface area (Å²) in [6.45, 7) is -1.53. The van der Waals surface area contributed by atoms with Crippen LogP contribution in [0.2, 0.25) is 5.02 Å². The Hall–Kier alpha value is -2.79. The molecule has 2 aromatic rings. The van der Waals surface area contributed by atoms with Gasteiger partial charge in [-0.25, -0.2) is 4.39 Å². The number of carbonyl (C=O) groups is 1. The van der Waals surface area contributed by atoms with Crippen molar-refractivity contribution in [2.45, 2.75) is 18.0 Å². The smallest absolute Gasteiger partial charge is 0.343 e. The number of rotatable bonds is 4. The molecule has 1 aliphatic rings. The summed E-state index contributed by atoms with van der Waals surface area (Å²) in [5, 5.41) is 1.15. The fourth-order valence-corrected chi connectivity index (χ4v) is 2.98. The molecule has 1 heterocycles. The summed E-state index contributed by atoms with van der Waals surface area (Å²) in [4.78, 5) is 16.6. The molecule has 12 heteroatoms. The molecule has 0 aliphatic carbocycles. The highest BCUT2D eigenvalue weighted by molar-refractivity contribution is 6.30. The number of benzene rings is 2. The molecule has 1 atom stereocenters. The van der Waals surface area contributed by atoms with Crippen LogP contribution in [-0.2, 0) is 10.4 Å². The summed E-state index contributed by atoms with van der Waals surface area (Å²) in [6, 6.07) is 7.19. The quantitative estimate of drug-likeness (QED) is 0.614. The van der Waals surface area contributed by atoms with Gasteiger partial charge in [0.25, 0.3) is 5.91 Å². The first-order valence-corrected chi connectivity index (χ1v) is 8.85. The lowest BCUT2D eigenvalue weighted by atomic mass is 9.91. The van der Waals surface area contributed by atoms with Gasteiger partial charge in [0.2, 0.25) is 5.60 Å². The van der Waals surface area contributed by atoms with Crippen LogP contribution in [0.4, 0.5) is 30.7 Å². The number of hydroxylamine groups is 1. The predicted octanol–water partition coefficient (Wildman–Crippen LogP) is 5.10. The van der Waals surface area contributed by atoms with E-state index in [0.717, 1.165) is 36.4 Å². The SMILES string of the molecule is O=C(NCC(F)(F)F)c1ccc(C2=CC(c3ccc(F)c(Cl)c3)(C(F)(F)F)ON2)cc1. The van der Waals surface area contributed by atoms with E-state index < -0.39 is 46.8 Å². The van der Waals surface area contributed by atoms with Crippen molar-refractivity contribution in [2.24, 2.45) is 0 Å². The third-order valence-electron chi connectivity index (χ3n) is 4.35. The Morgan fingerprint density at radius 3 is 2.26 bits per heavy atom. The van der Waals surface area contributed by atoms with E-state index in [1.54, 1.807) is 5.32 Å². The predicted molar refractivity (Wildman–Crippen MR) is 96.2 cm³/mol. The Balaban J connectivity index is 1.89. The van der Waals surface area contributed by atoms with Crippen molar-refractivity contribution in [3.05, 3.63) is 76.1 Å². The van der Waals surface area contributed by atoms with Crippen LogP contribution in [0.3, 0.4) is 0 Å². The molecule has 2 aromatic carbocycles. The summed E-state index contributed by atoms with van der Waals surface area (Å²) < 4.78 is 91.6. The second kappa shape index (κ2) is 8.04. The van der Waals surface area contributed by atoms with Crippen LogP contribution in [0.15, 0.2) is 48.5 Å². The third-order valence-corrected chi connectivity index (χ3v) is 4.64. The highest BCUT2D eigenvalue weighted by atomic mass is 35.5. The van der Waals surface area contributed by atoms with E-state index in [-0.39, 0.29) is 16.8 Å². The van der Waals surface area contributed by atoms with Gasteiger partial charge < -0.3 is 5.32 Å². The number of hydrogen-bond acceptors (Lipinski definition) is 3. The minimum Gasteiger partial charge on any atom is -0.343 e. The molecule has 3 rings (SSSR count). The lowest BCUT2D eigenvalue weighted by molar-refractivity contribution is -0.269. The van der Waals surface area contributed by atoms with Crippen molar-refractivity contribution in [3.63, 3.8) is 0 Å². The maximum absolute atomic E-state index is 13.9. The standard InChI is InChI=1S/C19H12ClF7N2O2/c20-13-7-12(5-6-14(13)21)17(19(25,26)27)8-15(29-31-17)10-1-3-11(4-2-10)16(30)28-9-18(22,23)24/h1-8,29H,9H2,(H,28,30). The van der Waals surface area contributed by atoms with Crippen LogP contribution in [-0.4, -0.2) is 24.8 Å². The summed E-state index contributed by atoms with van der Waals surface area (Å²) in [5.74, 6) is -1.91. The van der Waals surface area contributed by atoms with E-state index >= 15 is 0 Å². The van der Waals surface area contributed by atoms with Gasteiger partial charge in [0.05, 0.1) is 10.7 Å². The van der Waals surface area contributed by atoms with Crippen LogP contribution in [0.1, 0.15) is 21.5 Å². The molecule has 0 fully saturated rings. The number of halogens is 8. The normalized spacial score (nSPS) is 19.0. The third kappa shape index (κ3) is 4.77. The topological polar surface area (TPSA) is 50.4 Å². The molecule has 31 heavy (non-hydrogen) atoms.